The summed E-state index contributed by atoms with van der Waals surface area (Å²) in [5.74, 6) is 0.168. The predicted molar refractivity (Wildman–Crippen MR) is 254 cm³/mol. The van der Waals surface area contributed by atoms with Crippen LogP contribution in [0.5, 0.6) is 0 Å². The number of imide groups is 2. The van der Waals surface area contributed by atoms with Crippen molar-refractivity contribution in [3.63, 3.8) is 0 Å². The van der Waals surface area contributed by atoms with E-state index in [0.29, 0.717) is 65.6 Å². The van der Waals surface area contributed by atoms with Crippen LogP contribution in [0, 0.1) is 5.92 Å². The molecular weight excluding hydrogens is 870 g/mol. The standard InChI is InChI=1S/C50H62FN11O6/c1-68-36-8-6-32(51)29-60(25-18-36)50-52-19-12-43(56-50)55-44-27-42-39(28-53-44)40(30-61(42)34-4-2-3-5-34)46(64)54-33-16-21-58(22-17-33)20-13-31-14-23-59(24-15-31)35-7-9-37-38(26-35)49(67)62(48(37)66)41-10-11-45(63)57-47(41)65/h7,9,12,19,26-28,30-34,36,41H,2-6,8,10-11,13-18,20-25,29H2,1H3,(H,54,64)(H,57,63,65)(H,52,53,55,56)/t32-,36+,41?/m0/s1. The molecule has 10 rings (SSSR count). The van der Waals surface area contributed by atoms with Gasteiger partial charge in [-0.15, -0.1) is 0 Å². The van der Waals surface area contributed by atoms with Gasteiger partial charge in [0, 0.05) is 94.1 Å². The maximum atomic E-state index is 14.8. The van der Waals surface area contributed by atoms with Crippen LogP contribution < -0.4 is 25.8 Å². The molecule has 6 aliphatic rings. The number of rotatable bonds is 12. The van der Waals surface area contributed by atoms with Gasteiger partial charge >= 0.3 is 0 Å². The highest BCUT2D eigenvalue weighted by molar-refractivity contribution is 6.23. The lowest BCUT2D eigenvalue weighted by Gasteiger charge is -2.36. The summed E-state index contributed by atoms with van der Waals surface area (Å²) in [6.45, 7) is 5.39. The average Bonchev–Trinajstić information content (AvgIpc) is 4.07. The molecule has 18 heteroatoms. The molecule has 3 N–H and O–H groups in total. The van der Waals surface area contributed by atoms with Crippen molar-refractivity contribution in [3.05, 3.63) is 65.6 Å². The van der Waals surface area contributed by atoms with Gasteiger partial charge in [0.2, 0.25) is 17.8 Å². The number of carbonyl (C=O) groups is 5. The second-order valence-corrected chi connectivity index (χ2v) is 19.6. The zero-order valence-corrected chi connectivity index (χ0v) is 38.8. The van der Waals surface area contributed by atoms with Crippen LogP contribution in [0.15, 0.2) is 48.9 Å². The summed E-state index contributed by atoms with van der Waals surface area (Å²) in [5, 5.41) is 9.81. The van der Waals surface area contributed by atoms with Gasteiger partial charge in [-0.05, 0) is 107 Å². The number of amides is 5. The Hall–Kier alpha value is -6.01. The van der Waals surface area contributed by atoms with Crippen molar-refractivity contribution in [3.8, 4) is 0 Å². The van der Waals surface area contributed by atoms with Gasteiger partial charge in [0.15, 0.2) is 0 Å². The van der Waals surface area contributed by atoms with E-state index in [-0.39, 0.29) is 37.4 Å². The van der Waals surface area contributed by atoms with Gasteiger partial charge in [0.1, 0.15) is 23.8 Å². The Morgan fingerprint density at radius 2 is 1.62 bits per heavy atom. The SMILES string of the molecule is CO[C@@H]1CC[C@H](F)CN(c2nccc(Nc3cc4c(cn3)c(C(=O)NC3CCN(CCC5CCN(c6ccc7c(c6)C(=O)N(C6CCC(=O)NC6=O)C7=O)CC5)CC3)cn4C3CCCC3)n2)CC1. The molecule has 0 spiro atoms. The summed E-state index contributed by atoms with van der Waals surface area (Å²) in [7, 11) is 1.68. The molecule has 1 aromatic carbocycles. The van der Waals surface area contributed by atoms with E-state index in [4.69, 9.17) is 14.7 Å². The van der Waals surface area contributed by atoms with E-state index in [0.717, 1.165) is 118 Å². The Morgan fingerprint density at radius 3 is 2.40 bits per heavy atom. The van der Waals surface area contributed by atoms with Crippen LogP contribution in [0.3, 0.4) is 0 Å². The number of anilines is 4. The molecule has 3 aromatic heterocycles. The fourth-order valence-electron chi connectivity index (χ4n) is 11.3. The number of aromatic nitrogens is 4. The number of carbonyl (C=O) groups excluding carboxylic acids is 5. The number of piperidine rings is 3. The lowest BCUT2D eigenvalue weighted by molar-refractivity contribution is -0.136. The number of methoxy groups -OCH3 is 1. The molecule has 0 bridgehead atoms. The third-order valence-corrected chi connectivity index (χ3v) is 15.3. The molecule has 5 amide bonds. The monoisotopic (exact) mass is 931 g/mol. The van der Waals surface area contributed by atoms with Crippen molar-refractivity contribution in [2.45, 2.75) is 120 Å². The van der Waals surface area contributed by atoms with Gasteiger partial charge < -0.3 is 34.6 Å². The van der Waals surface area contributed by atoms with E-state index >= 15 is 0 Å². The molecule has 8 heterocycles. The third-order valence-electron chi connectivity index (χ3n) is 15.3. The second-order valence-electron chi connectivity index (χ2n) is 19.6. The van der Waals surface area contributed by atoms with Crippen molar-refractivity contribution < 1.29 is 33.1 Å². The maximum Gasteiger partial charge on any atom is 0.262 e. The fourth-order valence-corrected chi connectivity index (χ4v) is 11.3. The van der Waals surface area contributed by atoms with Gasteiger partial charge in [-0.3, -0.25) is 34.2 Å². The molecule has 5 aliphatic heterocycles. The molecule has 3 atom stereocenters. The summed E-state index contributed by atoms with van der Waals surface area (Å²) in [4.78, 5) is 86.5. The van der Waals surface area contributed by atoms with Gasteiger partial charge in [-0.2, -0.15) is 4.98 Å². The van der Waals surface area contributed by atoms with Crippen molar-refractivity contribution in [2.24, 2.45) is 5.92 Å². The lowest BCUT2D eigenvalue weighted by Crippen LogP contribution is -2.54. The molecule has 5 fully saturated rings. The predicted octanol–water partition coefficient (Wildman–Crippen LogP) is 5.93. The van der Waals surface area contributed by atoms with Crippen LogP contribution in [0.4, 0.5) is 27.7 Å². The summed E-state index contributed by atoms with van der Waals surface area (Å²) in [5.41, 5.74) is 3.10. The van der Waals surface area contributed by atoms with Crippen LogP contribution in [0.25, 0.3) is 10.9 Å². The highest BCUT2D eigenvalue weighted by Crippen LogP contribution is 2.36. The Morgan fingerprint density at radius 1 is 0.838 bits per heavy atom. The molecule has 17 nitrogen and oxygen atoms in total. The van der Waals surface area contributed by atoms with E-state index in [1.54, 1.807) is 37.7 Å². The fraction of sp³-hybridized carbons (Fsp3) is 0.560. The second kappa shape index (κ2) is 19.9. The van der Waals surface area contributed by atoms with Crippen LogP contribution in [0.2, 0.25) is 0 Å². The first-order chi connectivity index (χ1) is 33.1. The summed E-state index contributed by atoms with van der Waals surface area (Å²) >= 11 is 0. The van der Waals surface area contributed by atoms with E-state index in [9.17, 15) is 28.4 Å². The van der Waals surface area contributed by atoms with Crippen LogP contribution in [-0.4, -0.2) is 136 Å². The Balaban J connectivity index is 0.712. The summed E-state index contributed by atoms with van der Waals surface area (Å²) in [6, 6.07) is 8.56. The number of benzene rings is 1. The molecule has 4 saturated heterocycles. The first-order valence-corrected chi connectivity index (χ1v) is 24.7. The number of nitrogens with zero attached hydrogens (tertiary/aromatic N) is 8. The average molecular weight is 932 g/mol. The molecule has 0 radical (unpaired) electrons. The van der Waals surface area contributed by atoms with Gasteiger partial charge in [-0.1, -0.05) is 12.8 Å². The zero-order valence-electron chi connectivity index (χ0n) is 38.8. The van der Waals surface area contributed by atoms with E-state index < -0.39 is 35.8 Å². The Labute approximate surface area is 395 Å². The molecule has 1 saturated carbocycles. The van der Waals surface area contributed by atoms with Crippen molar-refractivity contribution in [1.82, 2.24) is 40.0 Å². The number of fused-ring (bicyclic) bond motifs is 2. The first-order valence-electron chi connectivity index (χ1n) is 24.7. The third kappa shape index (κ3) is 9.66. The number of halogens is 1. The molecule has 68 heavy (non-hydrogen) atoms. The smallest absolute Gasteiger partial charge is 0.262 e. The largest absolute Gasteiger partial charge is 0.381 e. The van der Waals surface area contributed by atoms with Crippen molar-refractivity contribution >= 4 is 63.7 Å². The van der Waals surface area contributed by atoms with Crippen molar-refractivity contribution in [2.75, 3.05) is 68.0 Å². The number of pyridine rings is 1. The number of likely N-dealkylation sites (tertiary alicyclic amines) is 1. The maximum absolute atomic E-state index is 14.8. The van der Waals surface area contributed by atoms with Crippen LogP contribution >= 0.6 is 0 Å². The summed E-state index contributed by atoms with van der Waals surface area (Å²) in [6.07, 6.45) is 16.0. The first kappa shape index (κ1) is 45.8. The molecule has 1 unspecified atom stereocenters. The number of hydrogen-bond donors (Lipinski definition) is 3. The van der Waals surface area contributed by atoms with Crippen LogP contribution in [0.1, 0.15) is 127 Å². The minimum absolute atomic E-state index is 0.00679. The number of ether oxygens (including phenoxy) is 1. The minimum atomic E-state index is -0.990. The topological polar surface area (TPSA) is 187 Å². The van der Waals surface area contributed by atoms with Gasteiger partial charge in [-0.25, -0.2) is 14.4 Å². The highest BCUT2D eigenvalue weighted by Gasteiger charge is 2.45. The number of alkyl halides is 1. The molecular formula is C50H62FN11O6. The number of hydrogen-bond acceptors (Lipinski definition) is 13. The highest BCUT2D eigenvalue weighted by atomic mass is 19.1. The minimum Gasteiger partial charge on any atom is -0.381 e. The van der Waals surface area contributed by atoms with Crippen LogP contribution in [-0.2, 0) is 14.3 Å². The lowest BCUT2D eigenvalue weighted by atomic mass is 9.92. The van der Waals surface area contributed by atoms with E-state index in [1.807, 2.05) is 23.2 Å². The Bertz CT molecular complexity index is 2550. The van der Waals surface area contributed by atoms with Crippen molar-refractivity contribution in [1.29, 1.82) is 0 Å². The summed E-state index contributed by atoms with van der Waals surface area (Å²) < 4.78 is 22.6. The van der Waals surface area contributed by atoms with E-state index in [2.05, 4.69) is 35.3 Å². The van der Waals surface area contributed by atoms with Gasteiger partial charge in [0.25, 0.3) is 17.7 Å². The number of nitrogens with one attached hydrogen (secondary N) is 3. The normalized spacial score (nSPS) is 23.8. The van der Waals surface area contributed by atoms with Gasteiger partial charge in [0.05, 0.1) is 34.9 Å². The zero-order chi connectivity index (χ0) is 46.9. The molecule has 1 aliphatic carbocycles. The molecule has 360 valence electrons. The Kier molecular flexibility index (Phi) is 13.4. The van der Waals surface area contributed by atoms with E-state index in [1.165, 1.54) is 0 Å². The quantitative estimate of drug-likeness (QED) is 0.142. The molecule has 4 aromatic rings.